The number of benzene rings is 1. The monoisotopic (exact) mass is 280 g/mol. The Morgan fingerprint density at radius 3 is 2.90 bits per heavy atom. The first-order chi connectivity index (χ1) is 10.1. The number of aromatic nitrogens is 2. The van der Waals surface area contributed by atoms with E-state index in [1.165, 1.54) is 6.33 Å². The number of ether oxygens (including phenoxy) is 1. The minimum atomic E-state index is -0.572. The molecule has 0 amide bonds. The quantitative estimate of drug-likeness (QED) is 0.819. The average Bonchev–Trinajstić information content (AvgIpc) is 2.47. The number of allylic oxidation sites excluding steroid dienone is 1. The summed E-state index contributed by atoms with van der Waals surface area (Å²) < 4.78 is 5.31. The van der Waals surface area contributed by atoms with Crippen molar-refractivity contribution in [3.63, 3.8) is 0 Å². The van der Waals surface area contributed by atoms with Crippen molar-refractivity contribution in [3.05, 3.63) is 69.1 Å². The molecular weight excluding hydrogens is 268 g/mol. The van der Waals surface area contributed by atoms with Gasteiger partial charge < -0.3 is 15.5 Å². The van der Waals surface area contributed by atoms with Crippen LogP contribution in [-0.4, -0.2) is 9.97 Å². The van der Waals surface area contributed by atoms with Gasteiger partial charge in [0.2, 0.25) is 11.8 Å². The van der Waals surface area contributed by atoms with Gasteiger partial charge in [-0.05, 0) is 18.1 Å². The largest absolute Gasteiger partial charge is 0.422 e. The molecule has 1 aromatic carbocycles. The molecule has 3 rings (SSSR count). The van der Waals surface area contributed by atoms with Crippen LogP contribution in [0.3, 0.4) is 0 Å². The zero-order valence-electron chi connectivity index (χ0n) is 11.3. The molecule has 1 aliphatic heterocycles. The molecule has 0 bridgehead atoms. The molecule has 0 spiro atoms. The molecule has 0 fully saturated rings. The van der Waals surface area contributed by atoms with Crippen molar-refractivity contribution < 1.29 is 4.74 Å². The number of nitrogens with two attached hydrogens (primary N) is 1. The summed E-state index contributed by atoms with van der Waals surface area (Å²) in [6.07, 6.45) is 1.25. The van der Waals surface area contributed by atoms with Crippen molar-refractivity contribution in [2.24, 2.45) is 5.73 Å². The third kappa shape index (κ3) is 1.96. The van der Waals surface area contributed by atoms with Gasteiger partial charge in [-0.25, -0.2) is 4.98 Å². The summed E-state index contributed by atoms with van der Waals surface area (Å²) in [5.41, 5.74) is 7.79. The number of rotatable bonds is 1. The number of nitriles is 1. The fraction of sp³-hybridized carbons (Fsp3) is 0.133. The van der Waals surface area contributed by atoms with E-state index in [0.717, 1.165) is 11.1 Å². The zero-order chi connectivity index (χ0) is 15.0. The molecule has 3 N–H and O–H groups in total. The fourth-order valence-corrected chi connectivity index (χ4v) is 2.52. The molecule has 1 aromatic heterocycles. The number of nitrogens with zero attached hydrogens (tertiary/aromatic N) is 2. The van der Waals surface area contributed by atoms with E-state index in [1.54, 1.807) is 0 Å². The Balaban J connectivity index is 2.34. The molecule has 1 atom stereocenters. The van der Waals surface area contributed by atoms with Crippen molar-refractivity contribution in [2.75, 3.05) is 0 Å². The van der Waals surface area contributed by atoms with Crippen molar-refractivity contribution in [3.8, 4) is 11.9 Å². The van der Waals surface area contributed by atoms with E-state index < -0.39 is 5.92 Å². The highest BCUT2D eigenvalue weighted by Gasteiger charge is 2.34. The summed E-state index contributed by atoms with van der Waals surface area (Å²) in [6, 6.07) is 9.58. The first-order valence-electron chi connectivity index (χ1n) is 6.34. The number of hydrogen-bond donors (Lipinski definition) is 2. The predicted molar refractivity (Wildman–Crippen MR) is 75.3 cm³/mol. The Labute approximate surface area is 120 Å². The summed E-state index contributed by atoms with van der Waals surface area (Å²) in [7, 11) is 0. The number of aryl methyl sites for hydroxylation is 1. The molecule has 0 saturated carbocycles. The van der Waals surface area contributed by atoms with Crippen LogP contribution in [0.2, 0.25) is 0 Å². The van der Waals surface area contributed by atoms with Crippen LogP contribution in [0.15, 0.2) is 46.8 Å². The lowest BCUT2D eigenvalue weighted by Gasteiger charge is -2.25. The van der Waals surface area contributed by atoms with Crippen molar-refractivity contribution in [2.45, 2.75) is 12.8 Å². The molecule has 0 saturated heterocycles. The minimum Gasteiger partial charge on any atom is -0.422 e. The van der Waals surface area contributed by atoms with E-state index in [-0.39, 0.29) is 22.9 Å². The topological polar surface area (TPSA) is 105 Å². The van der Waals surface area contributed by atoms with E-state index >= 15 is 0 Å². The fourth-order valence-electron chi connectivity index (χ4n) is 2.52. The summed E-state index contributed by atoms with van der Waals surface area (Å²) in [4.78, 5) is 18.7. The van der Waals surface area contributed by atoms with E-state index in [9.17, 15) is 10.1 Å². The third-order valence-corrected chi connectivity index (χ3v) is 3.52. The second-order valence-corrected chi connectivity index (χ2v) is 4.73. The Hall–Kier alpha value is -3.07. The van der Waals surface area contributed by atoms with Crippen LogP contribution in [0, 0.1) is 18.3 Å². The molecule has 2 aromatic rings. The maximum atomic E-state index is 12.2. The normalized spacial score (nSPS) is 16.9. The van der Waals surface area contributed by atoms with E-state index in [0.29, 0.717) is 5.56 Å². The number of fused-ring (bicyclic) bond motifs is 1. The maximum absolute atomic E-state index is 12.2. The van der Waals surface area contributed by atoms with Crippen LogP contribution < -0.4 is 16.0 Å². The van der Waals surface area contributed by atoms with Gasteiger partial charge in [-0.2, -0.15) is 5.26 Å². The number of aromatic amines is 1. The molecule has 0 radical (unpaired) electrons. The van der Waals surface area contributed by atoms with Gasteiger partial charge in [0.1, 0.15) is 11.6 Å². The van der Waals surface area contributed by atoms with E-state index in [1.807, 2.05) is 37.3 Å². The van der Waals surface area contributed by atoms with Gasteiger partial charge in [0.05, 0.1) is 17.8 Å². The molecule has 6 nitrogen and oxygen atoms in total. The van der Waals surface area contributed by atoms with Crippen LogP contribution in [0.4, 0.5) is 0 Å². The summed E-state index contributed by atoms with van der Waals surface area (Å²) in [6.45, 7) is 1.92. The van der Waals surface area contributed by atoms with Crippen LogP contribution in [0.25, 0.3) is 0 Å². The molecule has 21 heavy (non-hydrogen) atoms. The summed E-state index contributed by atoms with van der Waals surface area (Å²) >= 11 is 0. The lowest BCUT2D eigenvalue weighted by atomic mass is 9.83. The second kappa shape index (κ2) is 4.80. The highest BCUT2D eigenvalue weighted by molar-refractivity contribution is 5.54. The molecule has 104 valence electrons. The van der Waals surface area contributed by atoms with Gasteiger partial charge in [0, 0.05) is 0 Å². The first kappa shape index (κ1) is 12.9. The van der Waals surface area contributed by atoms with Gasteiger partial charge >= 0.3 is 0 Å². The summed E-state index contributed by atoms with van der Waals surface area (Å²) in [5, 5.41) is 9.40. The van der Waals surface area contributed by atoms with E-state index in [4.69, 9.17) is 10.5 Å². The predicted octanol–water partition coefficient (Wildman–Crippen LogP) is 1.30. The van der Waals surface area contributed by atoms with E-state index in [2.05, 4.69) is 9.97 Å². The van der Waals surface area contributed by atoms with Crippen molar-refractivity contribution in [1.82, 2.24) is 9.97 Å². The molecule has 1 aliphatic rings. The number of H-pyrrole nitrogens is 1. The van der Waals surface area contributed by atoms with Crippen molar-refractivity contribution in [1.29, 1.82) is 5.26 Å². The van der Waals surface area contributed by atoms with Crippen molar-refractivity contribution >= 4 is 0 Å². The smallest absolute Gasteiger partial charge is 0.258 e. The summed E-state index contributed by atoms with van der Waals surface area (Å²) in [5.74, 6) is -0.447. The third-order valence-electron chi connectivity index (χ3n) is 3.52. The standard InChI is InChI=1S/C15H12N4O2/c1-8-4-2-3-5-9(8)11-10(6-16)13(17)21-15-12(11)14(20)18-7-19-15/h2-5,7,11H,17H2,1H3,(H,18,19,20)/t11-/m1/s1. The second-order valence-electron chi connectivity index (χ2n) is 4.73. The molecule has 0 aliphatic carbocycles. The van der Waals surface area contributed by atoms with Gasteiger partial charge in [0.25, 0.3) is 5.56 Å². The zero-order valence-corrected chi connectivity index (χ0v) is 11.3. The maximum Gasteiger partial charge on any atom is 0.258 e. The molecular formula is C15H12N4O2. The lowest BCUT2D eigenvalue weighted by Crippen LogP contribution is -2.28. The van der Waals surface area contributed by atoms with Gasteiger partial charge in [0.15, 0.2) is 0 Å². The highest BCUT2D eigenvalue weighted by atomic mass is 16.5. The molecule has 2 heterocycles. The Bertz CT molecular complexity index is 845. The van der Waals surface area contributed by atoms with Crippen LogP contribution in [0.1, 0.15) is 22.6 Å². The SMILES string of the molecule is Cc1ccccc1[C@@H]1C(C#N)=C(N)Oc2nc[nH]c(=O)c21. The van der Waals surface area contributed by atoms with Gasteiger partial charge in [-0.15, -0.1) is 0 Å². The molecule has 6 heteroatoms. The Morgan fingerprint density at radius 1 is 1.43 bits per heavy atom. The van der Waals surface area contributed by atoms with Gasteiger partial charge in [-0.3, -0.25) is 4.79 Å². The first-order valence-corrected chi connectivity index (χ1v) is 6.34. The van der Waals surface area contributed by atoms with Crippen LogP contribution in [-0.2, 0) is 0 Å². The number of nitrogens with one attached hydrogen (secondary N) is 1. The average molecular weight is 280 g/mol. The Morgan fingerprint density at radius 2 is 2.19 bits per heavy atom. The van der Waals surface area contributed by atoms with Gasteiger partial charge in [-0.1, -0.05) is 24.3 Å². The molecule has 0 unspecified atom stereocenters. The highest BCUT2D eigenvalue weighted by Crippen LogP contribution is 2.39. The minimum absolute atomic E-state index is 0.0173. The lowest BCUT2D eigenvalue weighted by molar-refractivity contribution is 0.375. The number of hydrogen-bond acceptors (Lipinski definition) is 5. The Kier molecular flexibility index (Phi) is 2.95. The van der Waals surface area contributed by atoms with Crippen LogP contribution in [0.5, 0.6) is 5.88 Å². The van der Waals surface area contributed by atoms with Crippen LogP contribution >= 0.6 is 0 Å².